The molecule has 18 heavy (non-hydrogen) atoms. The zero-order chi connectivity index (χ0) is 13.0. The Balaban J connectivity index is 1.98. The van der Waals surface area contributed by atoms with Crippen molar-refractivity contribution in [1.29, 1.82) is 0 Å². The predicted octanol–water partition coefficient (Wildman–Crippen LogP) is 2.78. The number of phenols is 1. The number of benzene rings is 2. The summed E-state index contributed by atoms with van der Waals surface area (Å²) in [5.41, 5.74) is 8.29. The van der Waals surface area contributed by atoms with Crippen LogP contribution in [0.1, 0.15) is 17.2 Å². The maximum Gasteiger partial charge on any atom is 0.123 e. The van der Waals surface area contributed by atoms with Crippen molar-refractivity contribution in [1.82, 2.24) is 0 Å². The van der Waals surface area contributed by atoms with E-state index < -0.39 is 0 Å². The molecule has 1 atom stereocenters. The minimum Gasteiger partial charge on any atom is -0.508 e. The number of aryl methyl sites for hydroxylation is 1. The molecule has 0 fully saturated rings. The van der Waals surface area contributed by atoms with E-state index in [0.717, 1.165) is 5.56 Å². The van der Waals surface area contributed by atoms with E-state index in [4.69, 9.17) is 10.5 Å². The zero-order valence-electron chi connectivity index (χ0n) is 10.3. The molecule has 0 bridgehead atoms. The van der Waals surface area contributed by atoms with Crippen molar-refractivity contribution in [3.8, 4) is 11.5 Å². The van der Waals surface area contributed by atoms with E-state index in [1.165, 1.54) is 5.56 Å². The van der Waals surface area contributed by atoms with Gasteiger partial charge in [-0.05, 0) is 24.6 Å². The highest BCUT2D eigenvalue weighted by Crippen LogP contribution is 2.19. The lowest BCUT2D eigenvalue weighted by molar-refractivity contribution is 0.289. The lowest BCUT2D eigenvalue weighted by Crippen LogP contribution is -2.19. The third-order valence-corrected chi connectivity index (χ3v) is 2.72. The maximum atomic E-state index is 9.32. The monoisotopic (exact) mass is 243 g/mol. The highest BCUT2D eigenvalue weighted by Gasteiger charge is 2.07. The number of ether oxygens (including phenoxy) is 1. The molecule has 0 spiro atoms. The van der Waals surface area contributed by atoms with Gasteiger partial charge in [-0.1, -0.05) is 35.9 Å². The summed E-state index contributed by atoms with van der Waals surface area (Å²) in [6.45, 7) is 2.42. The molecule has 0 saturated heterocycles. The van der Waals surface area contributed by atoms with Gasteiger partial charge < -0.3 is 15.6 Å². The van der Waals surface area contributed by atoms with Crippen molar-refractivity contribution in [2.75, 3.05) is 6.61 Å². The first-order chi connectivity index (χ1) is 8.65. The average molecular weight is 243 g/mol. The van der Waals surface area contributed by atoms with E-state index in [2.05, 4.69) is 6.07 Å². The van der Waals surface area contributed by atoms with E-state index in [-0.39, 0.29) is 11.8 Å². The van der Waals surface area contributed by atoms with Crippen LogP contribution in [0.2, 0.25) is 0 Å². The largest absolute Gasteiger partial charge is 0.508 e. The van der Waals surface area contributed by atoms with Gasteiger partial charge in [0.25, 0.3) is 0 Å². The van der Waals surface area contributed by atoms with Crippen LogP contribution in [0.15, 0.2) is 48.5 Å². The second-order valence-corrected chi connectivity index (χ2v) is 4.33. The van der Waals surface area contributed by atoms with Gasteiger partial charge >= 0.3 is 0 Å². The molecule has 2 aromatic rings. The van der Waals surface area contributed by atoms with Crippen LogP contribution >= 0.6 is 0 Å². The fourth-order valence-electron chi connectivity index (χ4n) is 1.76. The maximum absolute atomic E-state index is 9.32. The molecule has 0 amide bonds. The van der Waals surface area contributed by atoms with Crippen LogP contribution in [-0.2, 0) is 0 Å². The molecule has 3 nitrogen and oxygen atoms in total. The topological polar surface area (TPSA) is 55.5 Å². The molecular formula is C15H17NO2. The summed E-state index contributed by atoms with van der Waals surface area (Å²) in [5.74, 6) is 0.815. The number of phenolic OH excluding ortho intramolecular Hbond substituents is 1. The van der Waals surface area contributed by atoms with Crippen LogP contribution in [0.5, 0.6) is 11.5 Å². The SMILES string of the molecule is Cc1cccc(C(N)COc2cccc(O)c2)c1. The molecule has 2 rings (SSSR count). The Labute approximate surface area is 107 Å². The molecule has 0 aromatic heterocycles. The summed E-state index contributed by atoms with van der Waals surface area (Å²) in [6, 6.07) is 14.6. The van der Waals surface area contributed by atoms with E-state index in [1.807, 2.05) is 25.1 Å². The second-order valence-electron chi connectivity index (χ2n) is 4.33. The summed E-state index contributed by atoms with van der Waals surface area (Å²) >= 11 is 0. The molecule has 3 N–H and O–H groups in total. The lowest BCUT2D eigenvalue weighted by Gasteiger charge is -2.14. The first-order valence-corrected chi connectivity index (χ1v) is 5.89. The van der Waals surface area contributed by atoms with Crippen molar-refractivity contribution in [2.24, 2.45) is 5.73 Å². The summed E-state index contributed by atoms with van der Waals surface area (Å²) in [5, 5.41) is 9.32. The smallest absolute Gasteiger partial charge is 0.123 e. The molecule has 0 aliphatic heterocycles. The van der Waals surface area contributed by atoms with Gasteiger partial charge in [-0.25, -0.2) is 0 Å². The third kappa shape index (κ3) is 3.25. The number of nitrogens with two attached hydrogens (primary N) is 1. The Bertz CT molecular complexity index is 525. The molecule has 3 heteroatoms. The first-order valence-electron chi connectivity index (χ1n) is 5.89. The van der Waals surface area contributed by atoms with Gasteiger partial charge in [0.15, 0.2) is 0 Å². The first kappa shape index (κ1) is 12.5. The van der Waals surface area contributed by atoms with Gasteiger partial charge in [-0.2, -0.15) is 0 Å². The van der Waals surface area contributed by atoms with Crippen molar-refractivity contribution in [3.05, 3.63) is 59.7 Å². The van der Waals surface area contributed by atoms with Gasteiger partial charge in [0.1, 0.15) is 18.1 Å². The molecule has 94 valence electrons. The standard InChI is InChI=1S/C15H17NO2/c1-11-4-2-5-12(8-11)15(16)10-18-14-7-3-6-13(17)9-14/h2-9,15,17H,10,16H2,1H3. The quantitative estimate of drug-likeness (QED) is 0.868. The Morgan fingerprint density at radius 1 is 1.17 bits per heavy atom. The number of hydrogen-bond acceptors (Lipinski definition) is 3. The Morgan fingerprint density at radius 3 is 2.67 bits per heavy atom. The summed E-state index contributed by atoms with van der Waals surface area (Å²) in [4.78, 5) is 0. The molecule has 1 unspecified atom stereocenters. The molecule has 0 radical (unpaired) electrons. The van der Waals surface area contributed by atoms with Gasteiger partial charge in [-0.15, -0.1) is 0 Å². The van der Waals surface area contributed by atoms with Crippen LogP contribution in [0, 0.1) is 6.92 Å². The van der Waals surface area contributed by atoms with Gasteiger partial charge in [0.05, 0.1) is 6.04 Å². The van der Waals surface area contributed by atoms with Crippen molar-refractivity contribution in [2.45, 2.75) is 13.0 Å². The predicted molar refractivity (Wildman–Crippen MR) is 71.7 cm³/mol. The minimum absolute atomic E-state index is 0.174. The average Bonchev–Trinajstić information content (AvgIpc) is 2.36. The number of rotatable bonds is 4. The van der Waals surface area contributed by atoms with Crippen LogP contribution in [0.4, 0.5) is 0 Å². The number of hydrogen-bond donors (Lipinski definition) is 2. The second kappa shape index (κ2) is 5.56. The van der Waals surface area contributed by atoms with E-state index in [1.54, 1.807) is 24.3 Å². The van der Waals surface area contributed by atoms with Crippen LogP contribution in [0.25, 0.3) is 0 Å². The number of aromatic hydroxyl groups is 1. The van der Waals surface area contributed by atoms with Crippen molar-refractivity contribution < 1.29 is 9.84 Å². The van der Waals surface area contributed by atoms with E-state index in [9.17, 15) is 5.11 Å². The van der Waals surface area contributed by atoms with Crippen molar-refractivity contribution in [3.63, 3.8) is 0 Å². The fraction of sp³-hybridized carbons (Fsp3) is 0.200. The van der Waals surface area contributed by atoms with Gasteiger partial charge in [0, 0.05) is 6.07 Å². The Kier molecular flexibility index (Phi) is 3.85. The summed E-state index contributed by atoms with van der Waals surface area (Å²) in [6.07, 6.45) is 0. The van der Waals surface area contributed by atoms with Gasteiger partial charge in [-0.3, -0.25) is 0 Å². The van der Waals surface area contributed by atoms with Crippen LogP contribution in [-0.4, -0.2) is 11.7 Å². The van der Waals surface area contributed by atoms with Crippen molar-refractivity contribution >= 4 is 0 Å². The summed E-state index contributed by atoms with van der Waals surface area (Å²) < 4.78 is 5.56. The molecular weight excluding hydrogens is 226 g/mol. The Morgan fingerprint density at radius 2 is 1.94 bits per heavy atom. The van der Waals surface area contributed by atoms with Gasteiger partial charge in [0.2, 0.25) is 0 Å². The molecule has 0 saturated carbocycles. The molecule has 2 aromatic carbocycles. The molecule has 0 aliphatic carbocycles. The zero-order valence-corrected chi connectivity index (χ0v) is 10.3. The highest BCUT2D eigenvalue weighted by molar-refractivity contribution is 5.32. The lowest BCUT2D eigenvalue weighted by atomic mass is 10.1. The Hall–Kier alpha value is -2.00. The minimum atomic E-state index is -0.174. The highest BCUT2D eigenvalue weighted by atomic mass is 16.5. The van der Waals surface area contributed by atoms with Crippen LogP contribution in [0.3, 0.4) is 0 Å². The molecule has 0 aliphatic rings. The normalized spacial score (nSPS) is 12.1. The van der Waals surface area contributed by atoms with E-state index in [0.29, 0.717) is 12.4 Å². The molecule has 0 heterocycles. The third-order valence-electron chi connectivity index (χ3n) is 2.72. The van der Waals surface area contributed by atoms with Crippen LogP contribution < -0.4 is 10.5 Å². The summed E-state index contributed by atoms with van der Waals surface area (Å²) in [7, 11) is 0. The van der Waals surface area contributed by atoms with E-state index >= 15 is 0 Å². The fourth-order valence-corrected chi connectivity index (χ4v) is 1.76.